The number of ether oxygens (including phenoxy) is 1. The number of methoxy groups -OCH3 is 1. The molecule has 0 saturated carbocycles. The van der Waals surface area contributed by atoms with E-state index in [9.17, 15) is 4.79 Å². The minimum atomic E-state index is -0.398. The van der Waals surface area contributed by atoms with Gasteiger partial charge in [0.05, 0.1) is 30.9 Å². The lowest BCUT2D eigenvalue weighted by molar-refractivity contribution is -0.115. The molecule has 0 saturated heterocycles. The lowest BCUT2D eigenvalue weighted by atomic mass is 10.2. The first-order valence-corrected chi connectivity index (χ1v) is 9.45. The van der Waals surface area contributed by atoms with Gasteiger partial charge in [-0.25, -0.2) is 0 Å². The molecule has 2 heterocycles. The van der Waals surface area contributed by atoms with Crippen molar-refractivity contribution in [3.63, 3.8) is 0 Å². The van der Waals surface area contributed by atoms with Crippen LogP contribution in [0.25, 0.3) is 0 Å². The number of halogens is 1. The molecule has 142 valence electrons. The molecule has 7 nitrogen and oxygen atoms in total. The Kier molecular flexibility index (Phi) is 6.08. The Bertz CT molecular complexity index is 927. The Morgan fingerprint density at radius 3 is 3.00 bits per heavy atom. The highest BCUT2D eigenvalue weighted by molar-refractivity contribution is 8.00. The number of thioether (sulfide) groups is 1. The van der Waals surface area contributed by atoms with E-state index in [1.54, 1.807) is 31.6 Å². The highest BCUT2D eigenvalue weighted by Crippen LogP contribution is 2.32. The monoisotopic (exact) mass is 406 g/mol. The Morgan fingerprint density at radius 1 is 1.48 bits per heavy atom. The molecule has 2 aromatic heterocycles. The number of amides is 1. The van der Waals surface area contributed by atoms with E-state index < -0.39 is 5.25 Å². The van der Waals surface area contributed by atoms with Crippen molar-refractivity contribution >= 4 is 35.0 Å². The van der Waals surface area contributed by atoms with E-state index in [2.05, 4.69) is 15.5 Å². The van der Waals surface area contributed by atoms with E-state index in [0.29, 0.717) is 28.2 Å². The molecule has 9 heteroatoms. The Morgan fingerprint density at radius 2 is 2.30 bits per heavy atom. The zero-order chi connectivity index (χ0) is 19.4. The highest BCUT2D eigenvalue weighted by atomic mass is 35.5. The van der Waals surface area contributed by atoms with Gasteiger partial charge < -0.3 is 19.0 Å². The molecule has 0 bridgehead atoms. The molecule has 0 fully saturated rings. The molecular formula is C18H19ClN4O3S. The summed E-state index contributed by atoms with van der Waals surface area (Å²) in [5, 5.41) is 11.7. The van der Waals surface area contributed by atoms with Crippen molar-refractivity contribution in [3.05, 3.63) is 53.2 Å². The molecule has 3 rings (SSSR count). The smallest absolute Gasteiger partial charge is 0.237 e. The third kappa shape index (κ3) is 4.64. The largest absolute Gasteiger partial charge is 0.495 e. The summed E-state index contributed by atoms with van der Waals surface area (Å²) in [5.41, 5.74) is 1.43. The van der Waals surface area contributed by atoms with Crippen LogP contribution in [0.15, 0.2) is 46.4 Å². The predicted molar refractivity (Wildman–Crippen MR) is 105 cm³/mol. The molecule has 3 aromatic rings. The fourth-order valence-electron chi connectivity index (χ4n) is 2.39. The lowest BCUT2D eigenvalue weighted by Crippen LogP contribution is -2.23. The van der Waals surface area contributed by atoms with E-state index in [0.717, 1.165) is 11.3 Å². The van der Waals surface area contributed by atoms with Gasteiger partial charge in [-0.3, -0.25) is 4.79 Å². The molecule has 1 atom stereocenters. The summed E-state index contributed by atoms with van der Waals surface area (Å²) < 4.78 is 12.5. The van der Waals surface area contributed by atoms with E-state index in [1.807, 2.05) is 23.6 Å². The number of carbonyl (C=O) groups excluding carboxylic acids is 1. The van der Waals surface area contributed by atoms with Crippen LogP contribution in [0, 0.1) is 6.92 Å². The molecule has 1 N–H and O–H groups in total. The van der Waals surface area contributed by atoms with Crippen LogP contribution >= 0.6 is 23.4 Å². The van der Waals surface area contributed by atoms with Gasteiger partial charge in [-0.2, -0.15) is 0 Å². The van der Waals surface area contributed by atoms with Crippen molar-refractivity contribution in [2.45, 2.75) is 30.8 Å². The molecule has 0 spiro atoms. The van der Waals surface area contributed by atoms with Crippen LogP contribution in [-0.4, -0.2) is 33.0 Å². The molecular weight excluding hydrogens is 388 g/mol. The molecule has 1 unspecified atom stereocenters. The van der Waals surface area contributed by atoms with Crippen molar-refractivity contribution in [3.8, 4) is 5.75 Å². The maximum absolute atomic E-state index is 12.6. The Balaban J connectivity index is 1.69. The number of nitrogens with one attached hydrogen (secondary N) is 1. The fourth-order valence-corrected chi connectivity index (χ4v) is 3.37. The van der Waals surface area contributed by atoms with Gasteiger partial charge in [-0.1, -0.05) is 23.4 Å². The number of nitrogens with zero attached hydrogens (tertiary/aromatic N) is 3. The number of furan rings is 1. The number of aryl methyl sites for hydroxylation is 1. The third-order valence-corrected chi connectivity index (χ3v) is 5.38. The average Bonchev–Trinajstić information content (AvgIpc) is 3.30. The van der Waals surface area contributed by atoms with Gasteiger partial charge in [-0.05, 0) is 37.6 Å². The van der Waals surface area contributed by atoms with Crippen LogP contribution in [-0.2, 0) is 11.3 Å². The molecule has 1 amide bonds. The zero-order valence-electron chi connectivity index (χ0n) is 15.1. The van der Waals surface area contributed by atoms with Crippen molar-refractivity contribution in [2.75, 3.05) is 12.4 Å². The second-order valence-electron chi connectivity index (χ2n) is 5.87. The number of hydrogen-bond acceptors (Lipinski definition) is 6. The second-order valence-corrected chi connectivity index (χ2v) is 7.59. The topological polar surface area (TPSA) is 82.2 Å². The average molecular weight is 407 g/mol. The van der Waals surface area contributed by atoms with Crippen LogP contribution in [0.2, 0.25) is 5.02 Å². The molecule has 0 aliphatic rings. The summed E-state index contributed by atoms with van der Waals surface area (Å²) >= 11 is 7.43. The normalized spacial score (nSPS) is 12.0. The number of benzene rings is 1. The third-order valence-electron chi connectivity index (χ3n) is 3.88. The predicted octanol–water partition coefficient (Wildman–Crippen LogP) is 4.01. The number of rotatable bonds is 7. The van der Waals surface area contributed by atoms with Gasteiger partial charge in [0.15, 0.2) is 5.16 Å². The van der Waals surface area contributed by atoms with Crippen LogP contribution in [0.4, 0.5) is 5.69 Å². The standard InChI is InChI=1S/C18H19ClN4O3S/c1-11-7-15(16(25-3)8-14(11)19)21-17(24)12(2)27-18-22-20-10-23(18)9-13-5-4-6-26-13/h4-8,10,12H,9H2,1-3H3,(H,21,24). The molecule has 0 aliphatic carbocycles. The summed E-state index contributed by atoms with van der Waals surface area (Å²) in [4.78, 5) is 12.6. The maximum atomic E-state index is 12.6. The highest BCUT2D eigenvalue weighted by Gasteiger charge is 2.20. The number of aromatic nitrogens is 3. The van der Waals surface area contributed by atoms with E-state index in [4.69, 9.17) is 20.8 Å². The Hall–Kier alpha value is -2.45. The van der Waals surface area contributed by atoms with Crippen LogP contribution < -0.4 is 10.1 Å². The SMILES string of the molecule is COc1cc(Cl)c(C)cc1NC(=O)C(C)Sc1nncn1Cc1ccco1. The first-order chi connectivity index (χ1) is 13.0. The maximum Gasteiger partial charge on any atom is 0.237 e. The Labute approximate surface area is 166 Å². The quantitative estimate of drug-likeness (QED) is 0.597. The summed E-state index contributed by atoms with van der Waals surface area (Å²) in [6.07, 6.45) is 3.23. The van der Waals surface area contributed by atoms with Crippen LogP contribution in [0.3, 0.4) is 0 Å². The van der Waals surface area contributed by atoms with E-state index >= 15 is 0 Å². The lowest BCUT2D eigenvalue weighted by Gasteiger charge is -2.15. The van der Waals surface area contributed by atoms with E-state index in [-0.39, 0.29) is 5.91 Å². The van der Waals surface area contributed by atoms with Crippen LogP contribution in [0.5, 0.6) is 5.75 Å². The first kappa shape index (κ1) is 19.3. The molecule has 1 aromatic carbocycles. The van der Waals surface area contributed by atoms with Gasteiger partial charge in [0.25, 0.3) is 0 Å². The summed E-state index contributed by atoms with van der Waals surface area (Å²) in [6.45, 7) is 4.18. The van der Waals surface area contributed by atoms with E-state index in [1.165, 1.54) is 18.9 Å². The number of carbonyl (C=O) groups is 1. The number of hydrogen-bond donors (Lipinski definition) is 1. The zero-order valence-corrected chi connectivity index (χ0v) is 16.7. The number of anilines is 1. The minimum Gasteiger partial charge on any atom is -0.495 e. The van der Waals surface area contributed by atoms with Gasteiger partial charge in [0.1, 0.15) is 17.8 Å². The summed E-state index contributed by atoms with van der Waals surface area (Å²) in [7, 11) is 1.53. The summed E-state index contributed by atoms with van der Waals surface area (Å²) in [5.74, 6) is 1.12. The second kappa shape index (κ2) is 8.49. The van der Waals surface area contributed by atoms with Gasteiger partial charge in [0, 0.05) is 11.1 Å². The van der Waals surface area contributed by atoms with Crippen molar-refractivity contribution in [2.24, 2.45) is 0 Å². The van der Waals surface area contributed by atoms with Crippen molar-refractivity contribution in [1.29, 1.82) is 0 Å². The van der Waals surface area contributed by atoms with Crippen LogP contribution in [0.1, 0.15) is 18.2 Å². The molecule has 0 radical (unpaired) electrons. The molecule has 0 aliphatic heterocycles. The van der Waals surface area contributed by atoms with Crippen molar-refractivity contribution < 1.29 is 13.9 Å². The molecule has 27 heavy (non-hydrogen) atoms. The van der Waals surface area contributed by atoms with Gasteiger partial charge in [0.2, 0.25) is 5.91 Å². The van der Waals surface area contributed by atoms with Gasteiger partial charge >= 0.3 is 0 Å². The minimum absolute atomic E-state index is 0.174. The fraction of sp³-hybridized carbons (Fsp3) is 0.278. The first-order valence-electron chi connectivity index (χ1n) is 8.19. The summed E-state index contributed by atoms with van der Waals surface area (Å²) in [6, 6.07) is 7.17. The van der Waals surface area contributed by atoms with Gasteiger partial charge in [-0.15, -0.1) is 10.2 Å². The van der Waals surface area contributed by atoms with Crippen molar-refractivity contribution in [1.82, 2.24) is 14.8 Å².